The van der Waals surface area contributed by atoms with Gasteiger partial charge in [-0.05, 0) is 26.0 Å². The molecule has 0 bridgehead atoms. The summed E-state index contributed by atoms with van der Waals surface area (Å²) in [6.45, 7) is 3.55. The van der Waals surface area contributed by atoms with Crippen molar-refractivity contribution in [1.82, 2.24) is 15.0 Å². The van der Waals surface area contributed by atoms with E-state index in [1.807, 2.05) is 6.92 Å². The van der Waals surface area contributed by atoms with Crippen molar-refractivity contribution >= 4 is 35.1 Å². The lowest BCUT2D eigenvalue weighted by atomic mass is 10.3. The van der Waals surface area contributed by atoms with E-state index in [4.69, 9.17) is 11.6 Å². The molecule has 0 aliphatic carbocycles. The molecule has 2 heterocycles. The molecule has 0 aliphatic heterocycles. The quantitative estimate of drug-likeness (QED) is 0.647. The number of anilines is 1. The van der Waals surface area contributed by atoms with Gasteiger partial charge >= 0.3 is 6.18 Å². The number of thioether (sulfide) groups is 1. The van der Waals surface area contributed by atoms with E-state index in [0.29, 0.717) is 23.1 Å². The number of amides is 1. The van der Waals surface area contributed by atoms with Gasteiger partial charge in [-0.3, -0.25) is 4.79 Å². The predicted octanol–water partition coefficient (Wildman–Crippen LogP) is 3.89. The van der Waals surface area contributed by atoms with Crippen LogP contribution in [-0.4, -0.2) is 26.6 Å². The van der Waals surface area contributed by atoms with Gasteiger partial charge in [-0.1, -0.05) is 23.4 Å². The summed E-state index contributed by atoms with van der Waals surface area (Å²) in [6, 6.07) is 2.45. The second-order valence-electron chi connectivity index (χ2n) is 4.78. The molecule has 0 atom stereocenters. The van der Waals surface area contributed by atoms with Gasteiger partial charge < -0.3 is 5.32 Å². The molecular formula is C14H12ClF3N4OS. The minimum Gasteiger partial charge on any atom is -0.309 e. The zero-order valence-corrected chi connectivity index (χ0v) is 14.2. The minimum absolute atomic E-state index is 0.00885. The molecule has 2 aromatic heterocycles. The predicted molar refractivity (Wildman–Crippen MR) is 85.1 cm³/mol. The van der Waals surface area contributed by atoms with Gasteiger partial charge in [0.1, 0.15) is 10.9 Å². The van der Waals surface area contributed by atoms with Crippen molar-refractivity contribution in [3.63, 3.8) is 0 Å². The average Bonchev–Trinajstić information content (AvgIpc) is 2.45. The van der Waals surface area contributed by atoms with Crippen LogP contribution in [0.1, 0.15) is 17.1 Å². The lowest BCUT2D eigenvalue weighted by Crippen LogP contribution is -2.16. The fourth-order valence-corrected chi connectivity index (χ4v) is 2.76. The van der Waals surface area contributed by atoms with Crippen molar-refractivity contribution in [1.29, 1.82) is 0 Å². The van der Waals surface area contributed by atoms with Crippen LogP contribution < -0.4 is 5.32 Å². The Balaban J connectivity index is 1.99. The maximum Gasteiger partial charge on any atom is 0.417 e. The minimum atomic E-state index is -4.54. The molecule has 0 fully saturated rings. The normalized spacial score (nSPS) is 11.4. The summed E-state index contributed by atoms with van der Waals surface area (Å²) in [4.78, 5) is 23.7. The van der Waals surface area contributed by atoms with Gasteiger partial charge in [-0.25, -0.2) is 15.0 Å². The molecule has 5 nitrogen and oxygen atoms in total. The van der Waals surface area contributed by atoms with E-state index in [0.717, 1.165) is 5.69 Å². The number of hydrogen-bond donors (Lipinski definition) is 1. The zero-order chi connectivity index (χ0) is 17.9. The third kappa shape index (κ3) is 5.07. The highest BCUT2D eigenvalue weighted by Gasteiger charge is 2.31. The van der Waals surface area contributed by atoms with E-state index in [2.05, 4.69) is 20.3 Å². The van der Waals surface area contributed by atoms with Crippen LogP contribution in [0.15, 0.2) is 23.4 Å². The highest BCUT2D eigenvalue weighted by molar-refractivity contribution is 7.99. The maximum atomic E-state index is 12.5. The molecule has 2 aromatic rings. The van der Waals surface area contributed by atoms with E-state index < -0.39 is 17.6 Å². The van der Waals surface area contributed by atoms with Crippen LogP contribution in [0.3, 0.4) is 0 Å². The van der Waals surface area contributed by atoms with E-state index in [1.165, 1.54) is 11.8 Å². The first-order chi connectivity index (χ1) is 11.1. The van der Waals surface area contributed by atoms with Crippen LogP contribution in [0.2, 0.25) is 5.02 Å². The summed E-state index contributed by atoms with van der Waals surface area (Å²) in [5.41, 5.74) is -0.204. The van der Waals surface area contributed by atoms with Crippen molar-refractivity contribution < 1.29 is 18.0 Å². The van der Waals surface area contributed by atoms with E-state index in [1.54, 1.807) is 13.0 Å². The van der Waals surface area contributed by atoms with Gasteiger partial charge in [-0.2, -0.15) is 13.2 Å². The van der Waals surface area contributed by atoms with Crippen LogP contribution in [0.5, 0.6) is 0 Å². The molecule has 24 heavy (non-hydrogen) atoms. The summed E-state index contributed by atoms with van der Waals surface area (Å²) in [5.74, 6) is 0.0216. The topological polar surface area (TPSA) is 67.8 Å². The van der Waals surface area contributed by atoms with Crippen molar-refractivity contribution in [3.8, 4) is 0 Å². The maximum absolute atomic E-state index is 12.5. The molecule has 0 saturated heterocycles. The summed E-state index contributed by atoms with van der Waals surface area (Å²) in [5, 5.41) is 2.72. The second kappa shape index (κ2) is 7.35. The van der Waals surface area contributed by atoms with Crippen LogP contribution in [0.25, 0.3) is 0 Å². The van der Waals surface area contributed by atoms with Crippen molar-refractivity contribution in [3.05, 3.63) is 40.4 Å². The number of aromatic nitrogens is 3. The molecule has 0 aromatic carbocycles. The molecule has 0 saturated carbocycles. The first kappa shape index (κ1) is 18.5. The monoisotopic (exact) mass is 376 g/mol. The Bertz CT molecular complexity index is 750. The fraction of sp³-hybridized carbons (Fsp3) is 0.286. The summed E-state index contributed by atoms with van der Waals surface area (Å²) in [6.07, 6.45) is -3.93. The molecule has 128 valence electrons. The number of pyridine rings is 1. The standard InChI is InChI=1S/C14H12ClF3N4OS/c1-7-3-12(21-8(2)20-7)24-6-11(23)22-13-10(15)4-9(5-19-13)14(16,17)18/h3-5H,6H2,1-2H3,(H,19,22,23). The van der Waals surface area contributed by atoms with Gasteiger partial charge in [-0.15, -0.1) is 0 Å². The molecule has 0 spiro atoms. The summed E-state index contributed by atoms with van der Waals surface area (Å²) in [7, 11) is 0. The van der Waals surface area contributed by atoms with E-state index in [9.17, 15) is 18.0 Å². The van der Waals surface area contributed by atoms with Crippen molar-refractivity contribution in [2.45, 2.75) is 25.0 Å². The molecule has 1 N–H and O–H groups in total. The van der Waals surface area contributed by atoms with Crippen molar-refractivity contribution in [2.75, 3.05) is 11.1 Å². The fourth-order valence-electron chi connectivity index (χ4n) is 1.75. The molecule has 0 unspecified atom stereocenters. The Morgan fingerprint density at radius 2 is 2.00 bits per heavy atom. The van der Waals surface area contributed by atoms with Crippen LogP contribution in [0.4, 0.5) is 19.0 Å². The highest BCUT2D eigenvalue weighted by Crippen LogP contribution is 2.32. The molecule has 1 amide bonds. The van der Waals surface area contributed by atoms with E-state index in [-0.39, 0.29) is 16.6 Å². The number of nitrogens with zero attached hydrogens (tertiary/aromatic N) is 3. The van der Waals surface area contributed by atoms with Crippen LogP contribution >= 0.6 is 23.4 Å². The lowest BCUT2D eigenvalue weighted by Gasteiger charge is -2.10. The van der Waals surface area contributed by atoms with Crippen molar-refractivity contribution in [2.24, 2.45) is 0 Å². The number of carbonyl (C=O) groups excluding carboxylic acids is 1. The van der Waals surface area contributed by atoms with Gasteiger partial charge in [0, 0.05) is 11.9 Å². The number of carbonyl (C=O) groups is 1. The molecule has 0 radical (unpaired) electrons. The number of alkyl halides is 3. The van der Waals surface area contributed by atoms with Gasteiger partial charge in [0.15, 0.2) is 5.82 Å². The molecule has 10 heteroatoms. The summed E-state index contributed by atoms with van der Waals surface area (Å²) >= 11 is 6.91. The van der Waals surface area contributed by atoms with Crippen LogP contribution in [0, 0.1) is 13.8 Å². The van der Waals surface area contributed by atoms with Crippen LogP contribution in [-0.2, 0) is 11.0 Å². The SMILES string of the molecule is Cc1cc(SCC(=O)Nc2ncc(C(F)(F)F)cc2Cl)nc(C)n1. The lowest BCUT2D eigenvalue weighted by molar-refractivity contribution is -0.137. The first-order valence-corrected chi connectivity index (χ1v) is 7.99. The highest BCUT2D eigenvalue weighted by atomic mass is 35.5. The summed E-state index contributed by atoms with van der Waals surface area (Å²) < 4.78 is 37.6. The second-order valence-corrected chi connectivity index (χ2v) is 6.19. The first-order valence-electron chi connectivity index (χ1n) is 6.63. The number of nitrogens with one attached hydrogen (secondary N) is 1. The largest absolute Gasteiger partial charge is 0.417 e. The average molecular weight is 377 g/mol. The zero-order valence-electron chi connectivity index (χ0n) is 12.6. The Morgan fingerprint density at radius 1 is 1.29 bits per heavy atom. The van der Waals surface area contributed by atoms with Gasteiger partial charge in [0.25, 0.3) is 0 Å². The Morgan fingerprint density at radius 3 is 2.58 bits per heavy atom. The van der Waals surface area contributed by atoms with Gasteiger partial charge in [0.05, 0.1) is 16.3 Å². The number of hydrogen-bond acceptors (Lipinski definition) is 5. The van der Waals surface area contributed by atoms with Gasteiger partial charge in [0.2, 0.25) is 5.91 Å². The molecule has 0 aliphatic rings. The third-order valence-corrected chi connectivity index (χ3v) is 3.92. The Hall–Kier alpha value is -1.87. The van der Waals surface area contributed by atoms with E-state index >= 15 is 0 Å². The Kier molecular flexibility index (Phi) is 5.66. The third-order valence-electron chi connectivity index (χ3n) is 2.72. The Labute approximate surface area is 145 Å². The molecule has 2 rings (SSSR count). The number of halogens is 4. The molecular weight excluding hydrogens is 365 g/mol. The number of aryl methyl sites for hydroxylation is 2. The smallest absolute Gasteiger partial charge is 0.309 e. The number of rotatable bonds is 4.